The molecule has 0 saturated heterocycles. The average molecular weight is 296 g/mol. The number of benzene rings is 1. The highest BCUT2D eigenvalue weighted by Gasteiger charge is 2.10. The van der Waals surface area contributed by atoms with E-state index in [1.807, 2.05) is 12.1 Å². The van der Waals surface area contributed by atoms with Crippen LogP contribution in [0.15, 0.2) is 17.3 Å². The fourth-order valence-electron chi connectivity index (χ4n) is 1.77. The second-order valence-corrected chi connectivity index (χ2v) is 5.20. The van der Waals surface area contributed by atoms with Crippen molar-refractivity contribution in [2.45, 2.75) is 18.0 Å². The summed E-state index contributed by atoms with van der Waals surface area (Å²) >= 11 is 1.50. The van der Waals surface area contributed by atoms with E-state index in [1.165, 1.54) is 11.8 Å². The van der Waals surface area contributed by atoms with Crippen molar-refractivity contribution >= 4 is 28.8 Å². The minimum Gasteiger partial charge on any atom is -0.493 e. The Labute approximate surface area is 120 Å². The summed E-state index contributed by atoms with van der Waals surface area (Å²) in [6, 6.07) is 3.65. The first-order valence-corrected chi connectivity index (χ1v) is 7.09. The van der Waals surface area contributed by atoms with Crippen LogP contribution in [0, 0.1) is 0 Å². The van der Waals surface area contributed by atoms with Crippen molar-refractivity contribution in [2.24, 2.45) is 0 Å². The van der Waals surface area contributed by atoms with E-state index in [2.05, 4.69) is 9.97 Å². The summed E-state index contributed by atoms with van der Waals surface area (Å²) in [5.74, 6) is 1.21. The monoisotopic (exact) mass is 296 g/mol. The van der Waals surface area contributed by atoms with Crippen LogP contribution in [-0.4, -0.2) is 41.0 Å². The topological polar surface area (TPSA) is 84.4 Å². The van der Waals surface area contributed by atoms with Crippen molar-refractivity contribution in [3.8, 4) is 11.5 Å². The fraction of sp³-hybridized carbons (Fsp3) is 0.385. The van der Waals surface area contributed by atoms with E-state index in [-0.39, 0.29) is 6.42 Å². The molecular weight excluding hydrogens is 280 g/mol. The van der Waals surface area contributed by atoms with Crippen molar-refractivity contribution in [3.05, 3.63) is 12.1 Å². The minimum absolute atomic E-state index is 0.175. The molecule has 0 aliphatic heterocycles. The number of nitrogens with zero attached hydrogens (tertiary/aromatic N) is 1. The SMILES string of the molecule is COc1cc2nc(SCCCC(=O)O)[nH]c2cc1OC. The Kier molecular flexibility index (Phi) is 4.73. The predicted molar refractivity (Wildman–Crippen MR) is 76.8 cm³/mol. The normalized spacial score (nSPS) is 10.7. The number of imidazole rings is 1. The van der Waals surface area contributed by atoms with Crippen LogP contribution in [0.4, 0.5) is 0 Å². The number of ether oxygens (including phenoxy) is 2. The number of carbonyl (C=O) groups is 1. The molecule has 0 bridgehead atoms. The van der Waals surface area contributed by atoms with Crippen LogP contribution >= 0.6 is 11.8 Å². The molecule has 0 saturated carbocycles. The molecule has 0 amide bonds. The summed E-state index contributed by atoms with van der Waals surface area (Å²) in [5.41, 5.74) is 1.66. The first kappa shape index (κ1) is 14.5. The number of methoxy groups -OCH3 is 2. The summed E-state index contributed by atoms with van der Waals surface area (Å²) in [5, 5.41) is 9.34. The first-order valence-electron chi connectivity index (χ1n) is 6.10. The Morgan fingerprint density at radius 1 is 1.35 bits per heavy atom. The lowest BCUT2D eigenvalue weighted by Gasteiger charge is -2.06. The molecule has 0 spiro atoms. The van der Waals surface area contributed by atoms with Crippen LogP contribution in [0.3, 0.4) is 0 Å². The van der Waals surface area contributed by atoms with Gasteiger partial charge in [0, 0.05) is 24.3 Å². The zero-order valence-corrected chi connectivity index (χ0v) is 12.1. The average Bonchev–Trinajstić information content (AvgIpc) is 2.83. The van der Waals surface area contributed by atoms with Crippen molar-refractivity contribution in [1.29, 1.82) is 0 Å². The Bertz CT molecular complexity index is 571. The largest absolute Gasteiger partial charge is 0.493 e. The van der Waals surface area contributed by atoms with E-state index in [9.17, 15) is 4.79 Å². The number of hydrogen-bond acceptors (Lipinski definition) is 5. The lowest BCUT2D eigenvalue weighted by Crippen LogP contribution is -1.94. The number of H-pyrrole nitrogens is 1. The van der Waals surface area contributed by atoms with Crippen LogP contribution in [0.2, 0.25) is 0 Å². The van der Waals surface area contributed by atoms with Crippen LogP contribution in [0.5, 0.6) is 11.5 Å². The van der Waals surface area contributed by atoms with E-state index in [1.54, 1.807) is 14.2 Å². The maximum Gasteiger partial charge on any atom is 0.303 e. The zero-order valence-electron chi connectivity index (χ0n) is 11.3. The van der Waals surface area contributed by atoms with Crippen LogP contribution in [0.25, 0.3) is 11.0 Å². The maximum absolute atomic E-state index is 10.4. The second-order valence-electron chi connectivity index (χ2n) is 4.11. The van der Waals surface area contributed by atoms with Gasteiger partial charge in [-0.25, -0.2) is 4.98 Å². The van der Waals surface area contributed by atoms with Crippen LogP contribution in [0.1, 0.15) is 12.8 Å². The lowest BCUT2D eigenvalue weighted by molar-refractivity contribution is -0.137. The molecule has 1 aromatic heterocycles. The van der Waals surface area contributed by atoms with Crippen LogP contribution < -0.4 is 9.47 Å². The highest BCUT2D eigenvalue weighted by molar-refractivity contribution is 7.99. The van der Waals surface area contributed by atoms with Gasteiger partial charge in [0.15, 0.2) is 16.7 Å². The number of hydrogen-bond donors (Lipinski definition) is 2. The quantitative estimate of drug-likeness (QED) is 0.603. The number of carboxylic acids is 1. The molecule has 2 rings (SSSR count). The molecule has 0 aliphatic rings. The molecule has 1 aromatic carbocycles. The molecule has 2 N–H and O–H groups in total. The van der Waals surface area contributed by atoms with Gasteiger partial charge < -0.3 is 19.6 Å². The number of aliphatic carboxylic acids is 1. The summed E-state index contributed by atoms with van der Waals surface area (Å²) in [7, 11) is 3.17. The van der Waals surface area contributed by atoms with Crippen LogP contribution in [-0.2, 0) is 4.79 Å². The molecule has 0 radical (unpaired) electrons. The zero-order chi connectivity index (χ0) is 14.5. The van der Waals surface area contributed by atoms with Gasteiger partial charge in [0.25, 0.3) is 0 Å². The molecule has 0 aliphatic carbocycles. The van der Waals surface area contributed by atoms with Gasteiger partial charge in [-0.15, -0.1) is 0 Å². The Morgan fingerprint density at radius 3 is 2.70 bits per heavy atom. The van der Waals surface area contributed by atoms with Gasteiger partial charge in [-0.3, -0.25) is 4.79 Å². The molecule has 7 heteroatoms. The molecule has 6 nitrogen and oxygen atoms in total. The van der Waals surface area contributed by atoms with E-state index >= 15 is 0 Å². The maximum atomic E-state index is 10.4. The van der Waals surface area contributed by atoms with E-state index in [4.69, 9.17) is 14.6 Å². The summed E-state index contributed by atoms with van der Waals surface area (Å²) < 4.78 is 10.5. The first-order chi connectivity index (χ1) is 9.63. The summed E-state index contributed by atoms with van der Waals surface area (Å²) in [6.07, 6.45) is 0.790. The third kappa shape index (κ3) is 3.36. The Morgan fingerprint density at radius 2 is 2.05 bits per heavy atom. The standard InChI is InChI=1S/C13H16N2O4S/c1-18-10-6-8-9(7-11(10)19-2)15-13(14-8)20-5-3-4-12(16)17/h6-7H,3-5H2,1-2H3,(H,14,15)(H,16,17). The molecule has 20 heavy (non-hydrogen) atoms. The van der Waals surface area contributed by atoms with E-state index in [0.29, 0.717) is 23.7 Å². The van der Waals surface area contributed by atoms with Gasteiger partial charge in [0.05, 0.1) is 25.3 Å². The van der Waals surface area contributed by atoms with Crippen molar-refractivity contribution < 1.29 is 19.4 Å². The fourth-order valence-corrected chi connectivity index (χ4v) is 2.60. The highest BCUT2D eigenvalue weighted by Crippen LogP contribution is 2.32. The molecule has 108 valence electrons. The molecule has 0 atom stereocenters. The van der Waals surface area contributed by atoms with Gasteiger partial charge in [-0.1, -0.05) is 11.8 Å². The number of nitrogens with one attached hydrogen (secondary N) is 1. The predicted octanol–water partition coefficient (Wildman–Crippen LogP) is 2.54. The summed E-state index contributed by atoms with van der Waals surface area (Å²) in [6.45, 7) is 0. The van der Waals surface area contributed by atoms with Gasteiger partial charge in [0.1, 0.15) is 0 Å². The van der Waals surface area contributed by atoms with Crippen molar-refractivity contribution in [2.75, 3.05) is 20.0 Å². The Hall–Kier alpha value is -1.89. The third-order valence-electron chi connectivity index (χ3n) is 2.74. The van der Waals surface area contributed by atoms with Gasteiger partial charge in [-0.2, -0.15) is 0 Å². The number of thioether (sulfide) groups is 1. The minimum atomic E-state index is -0.773. The van der Waals surface area contributed by atoms with E-state index < -0.39 is 5.97 Å². The highest BCUT2D eigenvalue weighted by atomic mass is 32.2. The third-order valence-corrected chi connectivity index (χ3v) is 3.70. The second kappa shape index (κ2) is 6.51. The molecule has 1 heterocycles. The van der Waals surface area contributed by atoms with Crippen molar-refractivity contribution in [3.63, 3.8) is 0 Å². The van der Waals surface area contributed by atoms with Gasteiger partial charge in [0.2, 0.25) is 0 Å². The molecule has 0 fully saturated rings. The van der Waals surface area contributed by atoms with E-state index in [0.717, 1.165) is 16.2 Å². The van der Waals surface area contributed by atoms with Gasteiger partial charge in [-0.05, 0) is 6.42 Å². The number of aromatic nitrogens is 2. The molecule has 2 aromatic rings. The Balaban J connectivity index is 2.10. The molecule has 0 unspecified atom stereocenters. The number of rotatable bonds is 7. The number of fused-ring (bicyclic) bond motifs is 1. The number of carboxylic acid groups (broad SMARTS) is 1. The lowest BCUT2D eigenvalue weighted by atomic mass is 10.3. The number of aromatic amines is 1. The summed E-state index contributed by atoms with van der Waals surface area (Å²) in [4.78, 5) is 18.0. The van der Waals surface area contributed by atoms with Gasteiger partial charge >= 0.3 is 5.97 Å². The molecular formula is C13H16N2O4S. The van der Waals surface area contributed by atoms with Crippen molar-refractivity contribution in [1.82, 2.24) is 9.97 Å². The smallest absolute Gasteiger partial charge is 0.303 e.